The van der Waals surface area contributed by atoms with Crippen LogP contribution in [0.1, 0.15) is 6.42 Å². The number of nitrogens with two attached hydrogens (primary N) is 1. The molecule has 1 aliphatic rings. The van der Waals surface area contributed by atoms with E-state index in [-0.39, 0.29) is 11.8 Å². The van der Waals surface area contributed by atoms with Crippen LogP contribution in [0, 0.1) is 5.92 Å². The van der Waals surface area contributed by atoms with Gasteiger partial charge in [0.25, 0.3) is 0 Å². The Morgan fingerprint density at radius 2 is 2.31 bits per heavy atom. The smallest absolute Gasteiger partial charge is 0.228 e. The molecule has 1 amide bonds. The average molecular weight is 350 g/mol. The molecule has 2 heterocycles. The molecule has 2 N–H and O–H groups in total. The van der Waals surface area contributed by atoms with E-state index in [9.17, 15) is 4.79 Å². The molecule has 0 aliphatic carbocycles. The van der Waals surface area contributed by atoms with Gasteiger partial charge >= 0.3 is 0 Å². The molecule has 1 aliphatic heterocycles. The Labute approximate surface area is 110 Å². The zero-order valence-electron chi connectivity index (χ0n) is 8.36. The van der Waals surface area contributed by atoms with Crippen molar-refractivity contribution in [2.75, 3.05) is 18.0 Å². The molecule has 0 bridgehead atoms. The minimum absolute atomic E-state index is 0.0489. The van der Waals surface area contributed by atoms with Crippen molar-refractivity contribution >= 4 is 43.6 Å². The predicted octanol–water partition coefficient (Wildman–Crippen LogP) is 1.31. The van der Waals surface area contributed by atoms with Crippen molar-refractivity contribution in [1.29, 1.82) is 0 Å². The summed E-state index contributed by atoms with van der Waals surface area (Å²) in [7, 11) is 0. The van der Waals surface area contributed by atoms with Crippen LogP contribution in [-0.4, -0.2) is 29.0 Å². The van der Waals surface area contributed by atoms with E-state index in [0.29, 0.717) is 34.5 Å². The number of hydrogen-bond acceptors (Lipinski definition) is 4. The van der Waals surface area contributed by atoms with Gasteiger partial charge < -0.3 is 5.73 Å². The van der Waals surface area contributed by atoms with Gasteiger partial charge in [-0.3, -0.25) is 9.69 Å². The molecule has 2 rings (SSSR count). The van der Waals surface area contributed by atoms with Gasteiger partial charge in [-0.15, -0.1) is 0 Å². The van der Waals surface area contributed by atoms with E-state index in [0.717, 1.165) is 0 Å². The molecular formula is C9H10Br2N4O. The Morgan fingerprint density at radius 1 is 1.56 bits per heavy atom. The molecule has 16 heavy (non-hydrogen) atoms. The molecule has 86 valence electrons. The maximum absolute atomic E-state index is 11.8. The summed E-state index contributed by atoms with van der Waals surface area (Å²) in [6.45, 7) is 1.13. The topological polar surface area (TPSA) is 72.1 Å². The molecule has 0 saturated carbocycles. The van der Waals surface area contributed by atoms with Crippen molar-refractivity contribution in [2.45, 2.75) is 6.42 Å². The van der Waals surface area contributed by atoms with Crippen LogP contribution in [0.4, 0.5) is 5.82 Å². The summed E-state index contributed by atoms with van der Waals surface area (Å²) in [5.41, 5.74) is 5.56. The fourth-order valence-electron chi connectivity index (χ4n) is 1.67. The number of anilines is 1. The maximum atomic E-state index is 11.8. The van der Waals surface area contributed by atoms with Gasteiger partial charge in [0.2, 0.25) is 5.91 Å². The molecule has 7 heteroatoms. The Morgan fingerprint density at radius 3 is 2.88 bits per heavy atom. The molecule has 1 aromatic rings. The molecular weight excluding hydrogens is 340 g/mol. The third-order valence-electron chi connectivity index (χ3n) is 2.48. The quantitative estimate of drug-likeness (QED) is 0.873. The first-order valence-electron chi connectivity index (χ1n) is 4.80. The van der Waals surface area contributed by atoms with Crippen molar-refractivity contribution in [2.24, 2.45) is 11.7 Å². The minimum atomic E-state index is 0.0489. The number of nitrogens with zero attached hydrogens (tertiary/aromatic N) is 3. The van der Waals surface area contributed by atoms with Crippen molar-refractivity contribution in [1.82, 2.24) is 9.97 Å². The highest BCUT2D eigenvalue weighted by Crippen LogP contribution is 2.28. The van der Waals surface area contributed by atoms with Gasteiger partial charge in [-0.25, -0.2) is 9.97 Å². The summed E-state index contributed by atoms with van der Waals surface area (Å²) >= 11 is 6.52. The molecule has 1 aromatic heterocycles. The molecule has 1 saturated heterocycles. The number of hydrogen-bond donors (Lipinski definition) is 1. The van der Waals surface area contributed by atoms with Crippen molar-refractivity contribution < 1.29 is 4.79 Å². The van der Waals surface area contributed by atoms with Crippen LogP contribution in [0.2, 0.25) is 0 Å². The van der Waals surface area contributed by atoms with E-state index in [2.05, 4.69) is 41.8 Å². The highest BCUT2D eigenvalue weighted by atomic mass is 79.9. The molecule has 1 unspecified atom stereocenters. The van der Waals surface area contributed by atoms with E-state index >= 15 is 0 Å². The summed E-state index contributed by atoms with van der Waals surface area (Å²) in [6, 6.07) is 0. The second-order valence-electron chi connectivity index (χ2n) is 3.62. The maximum Gasteiger partial charge on any atom is 0.228 e. The van der Waals surface area contributed by atoms with Crippen LogP contribution in [0.5, 0.6) is 0 Å². The van der Waals surface area contributed by atoms with Crippen LogP contribution in [0.25, 0.3) is 0 Å². The van der Waals surface area contributed by atoms with Gasteiger partial charge in [-0.2, -0.15) is 0 Å². The van der Waals surface area contributed by atoms with Gasteiger partial charge in [0.15, 0.2) is 5.82 Å². The molecule has 0 aromatic carbocycles. The third-order valence-corrected chi connectivity index (χ3v) is 3.39. The van der Waals surface area contributed by atoms with Gasteiger partial charge in [-0.1, -0.05) is 0 Å². The van der Waals surface area contributed by atoms with Crippen LogP contribution in [0.3, 0.4) is 0 Å². The predicted molar refractivity (Wildman–Crippen MR) is 66.9 cm³/mol. The average Bonchev–Trinajstić information content (AvgIpc) is 2.60. The lowest BCUT2D eigenvalue weighted by Crippen LogP contribution is -2.27. The van der Waals surface area contributed by atoms with E-state index in [1.165, 1.54) is 0 Å². The lowest BCUT2D eigenvalue weighted by Gasteiger charge is -2.16. The van der Waals surface area contributed by atoms with Crippen LogP contribution < -0.4 is 10.6 Å². The van der Waals surface area contributed by atoms with Crippen LogP contribution in [0.15, 0.2) is 15.4 Å². The highest BCUT2D eigenvalue weighted by Gasteiger charge is 2.31. The number of aromatic nitrogens is 2. The number of amides is 1. The summed E-state index contributed by atoms with van der Waals surface area (Å²) in [5, 5.41) is 0. The first-order chi connectivity index (χ1) is 7.61. The first kappa shape index (κ1) is 11.9. The lowest BCUT2D eigenvalue weighted by atomic mass is 10.1. The summed E-state index contributed by atoms with van der Waals surface area (Å²) < 4.78 is 1.19. The minimum Gasteiger partial charge on any atom is -0.330 e. The first-order valence-corrected chi connectivity index (χ1v) is 6.39. The third kappa shape index (κ3) is 2.26. The number of carbonyl (C=O) groups is 1. The number of halogens is 2. The molecule has 1 atom stereocenters. The Hall–Kier alpha value is -0.530. The Balaban J connectivity index is 2.28. The molecule has 0 spiro atoms. The number of rotatable bonds is 2. The van der Waals surface area contributed by atoms with Gasteiger partial charge in [-0.05, 0) is 44.3 Å². The highest BCUT2D eigenvalue weighted by molar-refractivity contribution is 9.11. The van der Waals surface area contributed by atoms with Crippen LogP contribution >= 0.6 is 31.9 Å². The second-order valence-corrected chi connectivity index (χ2v) is 5.18. The Bertz CT molecular complexity index is 426. The second kappa shape index (κ2) is 4.77. The normalized spacial score (nSPS) is 20.6. The number of carbonyl (C=O) groups excluding carboxylic acids is 1. The van der Waals surface area contributed by atoms with E-state index in [1.807, 2.05) is 0 Å². The van der Waals surface area contributed by atoms with E-state index in [1.54, 1.807) is 11.1 Å². The van der Waals surface area contributed by atoms with Gasteiger partial charge in [0.05, 0.1) is 6.20 Å². The summed E-state index contributed by atoms with van der Waals surface area (Å²) in [4.78, 5) is 21.7. The standard InChI is InChI=1S/C9H10Br2N4O/c10-6-3-13-9(8(11)14-6)15-4-5(2-12)1-7(15)16/h3,5H,1-2,4,12H2. The van der Waals surface area contributed by atoms with Gasteiger partial charge in [0, 0.05) is 13.0 Å². The van der Waals surface area contributed by atoms with Crippen molar-refractivity contribution in [3.8, 4) is 0 Å². The van der Waals surface area contributed by atoms with Crippen molar-refractivity contribution in [3.63, 3.8) is 0 Å². The fraction of sp³-hybridized carbons (Fsp3) is 0.444. The molecule has 0 radical (unpaired) electrons. The zero-order valence-corrected chi connectivity index (χ0v) is 11.5. The fourth-order valence-corrected chi connectivity index (χ4v) is 2.69. The Kier molecular flexibility index (Phi) is 3.56. The van der Waals surface area contributed by atoms with Crippen LogP contribution in [-0.2, 0) is 4.79 Å². The van der Waals surface area contributed by atoms with Gasteiger partial charge in [0.1, 0.15) is 9.21 Å². The summed E-state index contributed by atoms with van der Waals surface area (Å²) in [5.74, 6) is 0.821. The molecule has 1 fully saturated rings. The van der Waals surface area contributed by atoms with E-state index in [4.69, 9.17) is 5.73 Å². The lowest BCUT2D eigenvalue weighted by molar-refractivity contribution is -0.117. The SMILES string of the molecule is NCC1CC(=O)N(c2ncc(Br)nc2Br)C1. The zero-order chi connectivity index (χ0) is 11.7. The molecule has 5 nitrogen and oxygen atoms in total. The monoisotopic (exact) mass is 348 g/mol. The van der Waals surface area contributed by atoms with E-state index < -0.39 is 0 Å². The summed E-state index contributed by atoms with van der Waals surface area (Å²) in [6.07, 6.45) is 2.06. The largest absolute Gasteiger partial charge is 0.330 e. The van der Waals surface area contributed by atoms with Crippen molar-refractivity contribution in [3.05, 3.63) is 15.4 Å².